The van der Waals surface area contributed by atoms with Crippen molar-refractivity contribution in [2.45, 2.75) is 12.7 Å². The first-order valence-corrected chi connectivity index (χ1v) is 6.22. The summed E-state index contributed by atoms with van der Waals surface area (Å²) in [6.45, 7) is 0.293. The Hall–Kier alpha value is -1.12. The molecule has 1 aromatic rings. The van der Waals surface area contributed by atoms with E-state index in [1.165, 1.54) is 0 Å². The van der Waals surface area contributed by atoms with E-state index < -0.39 is 5.97 Å². The third-order valence-electron chi connectivity index (χ3n) is 2.04. The molecule has 1 aromatic heterocycles. The van der Waals surface area contributed by atoms with Crippen LogP contribution in [0.5, 0.6) is 0 Å². The topological polar surface area (TPSA) is 94.7 Å². The van der Waals surface area contributed by atoms with Crippen LogP contribution in [0.25, 0.3) is 0 Å². The summed E-state index contributed by atoms with van der Waals surface area (Å²) in [4.78, 5) is 14.3. The van der Waals surface area contributed by atoms with Gasteiger partial charge in [0.15, 0.2) is 0 Å². The monoisotopic (exact) mass is 260 g/mol. The SMILES string of the molecule is O=C(O)COCc1nc(C2CSCCO2)no1. The Balaban J connectivity index is 1.84. The second-order valence-corrected chi connectivity index (χ2v) is 4.52. The zero-order valence-electron chi connectivity index (χ0n) is 9.00. The summed E-state index contributed by atoms with van der Waals surface area (Å²) in [7, 11) is 0. The summed E-state index contributed by atoms with van der Waals surface area (Å²) < 4.78 is 15.3. The maximum atomic E-state index is 10.2. The number of hydrogen-bond donors (Lipinski definition) is 1. The van der Waals surface area contributed by atoms with Crippen molar-refractivity contribution >= 4 is 17.7 Å². The highest BCUT2D eigenvalue weighted by atomic mass is 32.2. The Morgan fingerprint density at radius 2 is 2.53 bits per heavy atom. The van der Waals surface area contributed by atoms with Crippen molar-refractivity contribution in [2.24, 2.45) is 0 Å². The van der Waals surface area contributed by atoms with Gasteiger partial charge in [0.1, 0.15) is 19.3 Å². The molecule has 94 valence electrons. The average Bonchev–Trinajstić information content (AvgIpc) is 2.78. The summed E-state index contributed by atoms with van der Waals surface area (Å²) in [5.74, 6) is 1.50. The van der Waals surface area contributed by atoms with Crippen molar-refractivity contribution in [3.63, 3.8) is 0 Å². The molecule has 0 spiro atoms. The van der Waals surface area contributed by atoms with E-state index in [0.717, 1.165) is 11.5 Å². The quantitative estimate of drug-likeness (QED) is 0.816. The summed E-state index contributed by atoms with van der Waals surface area (Å²) in [6, 6.07) is 0. The molecule has 0 amide bonds. The van der Waals surface area contributed by atoms with Crippen molar-refractivity contribution in [1.29, 1.82) is 0 Å². The zero-order valence-corrected chi connectivity index (χ0v) is 9.81. The van der Waals surface area contributed by atoms with E-state index in [-0.39, 0.29) is 25.2 Å². The molecule has 1 unspecified atom stereocenters. The maximum absolute atomic E-state index is 10.2. The predicted octanol–water partition coefficient (Wildman–Crippen LogP) is 0.475. The van der Waals surface area contributed by atoms with Crippen LogP contribution in [0, 0.1) is 0 Å². The van der Waals surface area contributed by atoms with Gasteiger partial charge in [-0.2, -0.15) is 16.7 Å². The summed E-state index contributed by atoms with van der Waals surface area (Å²) in [5, 5.41) is 12.2. The van der Waals surface area contributed by atoms with Crippen molar-refractivity contribution < 1.29 is 23.9 Å². The maximum Gasteiger partial charge on any atom is 0.329 e. The predicted molar refractivity (Wildman–Crippen MR) is 57.6 cm³/mol. The van der Waals surface area contributed by atoms with Crippen LogP contribution in [0.3, 0.4) is 0 Å². The number of carboxylic acids is 1. The molecule has 0 aliphatic carbocycles. The highest BCUT2D eigenvalue weighted by Gasteiger charge is 2.22. The van der Waals surface area contributed by atoms with E-state index in [1.807, 2.05) is 0 Å². The van der Waals surface area contributed by atoms with E-state index >= 15 is 0 Å². The summed E-state index contributed by atoms with van der Waals surface area (Å²) in [6.07, 6.45) is -0.147. The van der Waals surface area contributed by atoms with Crippen molar-refractivity contribution in [3.8, 4) is 0 Å². The number of rotatable bonds is 5. The molecule has 17 heavy (non-hydrogen) atoms. The number of aliphatic carboxylic acids is 1. The lowest BCUT2D eigenvalue weighted by atomic mass is 10.4. The summed E-state index contributed by atoms with van der Waals surface area (Å²) >= 11 is 1.77. The smallest absolute Gasteiger partial charge is 0.329 e. The second-order valence-electron chi connectivity index (χ2n) is 3.37. The Morgan fingerprint density at radius 3 is 3.24 bits per heavy atom. The van der Waals surface area contributed by atoms with Gasteiger partial charge in [-0.25, -0.2) is 4.79 Å². The molecular weight excluding hydrogens is 248 g/mol. The fourth-order valence-corrected chi connectivity index (χ4v) is 2.16. The Kier molecular flexibility index (Phi) is 4.35. The molecule has 1 saturated heterocycles. The molecule has 2 rings (SSSR count). The molecule has 0 bridgehead atoms. The lowest BCUT2D eigenvalue weighted by Crippen LogP contribution is -2.16. The highest BCUT2D eigenvalue weighted by molar-refractivity contribution is 7.99. The lowest BCUT2D eigenvalue weighted by Gasteiger charge is -2.18. The van der Waals surface area contributed by atoms with Crippen LogP contribution in [0.2, 0.25) is 0 Å². The summed E-state index contributed by atoms with van der Waals surface area (Å²) in [5.41, 5.74) is 0. The number of hydrogen-bond acceptors (Lipinski definition) is 7. The molecule has 0 saturated carbocycles. The van der Waals surface area contributed by atoms with Gasteiger partial charge in [0.25, 0.3) is 5.89 Å². The molecule has 7 nitrogen and oxygen atoms in total. The number of ether oxygens (including phenoxy) is 2. The molecule has 1 N–H and O–H groups in total. The third-order valence-corrected chi connectivity index (χ3v) is 3.03. The van der Waals surface area contributed by atoms with Crippen LogP contribution < -0.4 is 0 Å². The van der Waals surface area contributed by atoms with Gasteiger partial charge < -0.3 is 19.1 Å². The van der Waals surface area contributed by atoms with Crippen LogP contribution in [0.1, 0.15) is 17.8 Å². The molecule has 2 heterocycles. The van der Waals surface area contributed by atoms with Gasteiger partial charge in [-0.15, -0.1) is 0 Å². The number of thioether (sulfide) groups is 1. The van der Waals surface area contributed by atoms with Gasteiger partial charge >= 0.3 is 5.97 Å². The Labute approximate surface area is 101 Å². The van der Waals surface area contributed by atoms with Crippen LogP contribution in [0.15, 0.2) is 4.52 Å². The van der Waals surface area contributed by atoms with Crippen molar-refractivity contribution in [1.82, 2.24) is 10.1 Å². The molecular formula is C9H12N2O5S. The standard InChI is InChI=1S/C9H12N2O5S/c12-8(13)4-14-3-7-10-9(11-16-7)6-5-17-2-1-15-6/h6H,1-5H2,(H,12,13). The molecule has 1 aliphatic heterocycles. The van der Waals surface area contributed by atoms with Gasteiger partial charge in [0, 0.05) is 11.5 Å². The fraction of sp³-hybridized carbons (Fsp3) is 0.667. The first-order valence-electron chi connectivity index (χ1n) is 5.07. The van der Waals surface area contributed by atoms with Crippen LogP contribution in [0.4, 0.5) is 0 Å². The molecule has 0 radical (unpaired) electrons. The number of nitrogens with zero attached hydrogens (tertiary/aromatic N) is 2. The largest absolute Gasteiger partial charge is 0.480 e. The highest BCUT2D eigenvalue weighted by Crippen LogP contribution is 2.24. The van der Waals surface area contributed by atoms with Gasteiger partial charge in [-0.3, -0.25) is 0 Å². The van der Waals surface area contributed by atoms with Crippen molar-refractivity contribution in [3.05, 3.63) is 11.7 Å². The van der Waals surface area contributed by atoms with Gasteiger partial charge in [-0.1, -0.05) is 5.16 Å². The minimum atomic E-state index is -1.03. The van der Waals surface area contributed by atoms with Crippen LogP contribution >= 0.6 is 11.8 Å². The van der Waals surface area contributed by atoms with Crippen molar-refractivity contribution in [2.75, 3.05) is 24.7 Å². The fourth-order valence-electron chi connectivity index (χ4n) is 1.32. The van der Waals surface area contributed by atoms with Gasteiger partial charge in [0.2, 0.25) is 5.82 Å². The molecule has 8 heteroatoms. The van der Waals surface area contributed by atoms with Gasteiger partial charge in [0.05, 0.1) is 6.61 Å². The van der Waals surface area contributed by atoms with E-state index in [1.54, 1.807) is 11.8 Å². The Morgan fingerprint density at radius 1 is 1.65 bits per heavy atom. The van der Waals surface area contributed by atoms with Crippen LogP contribution in [-0.2, 0) is 20.9 Å². The molecule has 0 aromatic carbocycles. The minimum Gasteiger partial charge on any atom is -0.480 e. The molecule has 1 atom stereocenters. The van der Waals surface area contributed by atoms with E-state index in [2.05, 4.69) is 10.1 Å². The number of carbonyl (C=O) groups is 1. The number of carboxylic acid groups (broad SMARTS) is 1. The van der Waals surface area contributed by atoms with E-state index in [0.29, 0.717) is 12.4 Å². The molecule has 1 fully saturated rings. The first kappa shape index (κ1) is 12.3. The number of aromatic nitrogens is 2. The Bertz CT molecular complexity index is 377. The van der Waals surface area contributed by atoms with Gasteiger partial charge in [-0.05, 0) is 0 Å². The average molecular weight is 260 g/mol. The normalized spacial score (nSPS) is 20.4. The third kappa shape index (κ3) is 3.69. The first-order chi connectivity index (χ1) is 8.25. The lowest BCUT2D eigenvalue weighted by molar-refractivity contribution is -0.142. The van der Waals surface area contributed by atoms with E-state index in [9.17, 15) is 4.79 Å². The van der Waals surface area contributed by atoms with Crippen LogP contribution in [-0.4, -0.2) is 45.9 Å². The second kappa shape index (κ2) is 5.99. The zero-order chi connectivity index (χ0) is 12.1. The van der Waals surface area contributed by atoms with E-state index in [4.69, 9.17) is 19.1 Å². The molecule has 1 aliphatic rings. The minimum absolute atomic E-state index is 0.000830.